The highest BCUT2D eigenvalue weighted by atomic mass is 19.1. The lowest BCUT2D eigenvalue weighted by Crippen LogP contribution is -2.38. The molecule has 1 heterocycles. The van der Waals surface area contributed by atoms with Crippen LogP contribution in [0.1, 0.15) is 6.42 Å². The molecule has 0 saturated carbocycles. The Kier molecular flexibility index (Phi) is 3.27. The van der Waals surface area contributed by atoms with E-state index in [9.17, 15) is 9.18 Å². The van der Waals surface area contributed by atoms with Crippen LogP contribution in [-0.2, 0) is 0 Å². The Morgan fingerprint density at radius 1 is 1.61 bits per heavy atom. The topological polar surface area (TPSA) is 69.8 Å². The fraction of sp³-hybridized carbons (Fsp3) is 0.417. The second-order valence-electron chi connectivity index (χ2n) is 4.49. The standard InChI is InChI=1S/C12H16FN3O2/c1-15(12(17)18)9-4-5-16(7-9)8-2-3-11(14)10(13)6-8/h2-3,6,9H,4-5,7,14H2,1H3,(H,17,18). The molecule has 0 radical (unpaired) electrons. The van der Waals surface area contributed by atoms with E-state index in [1.807, 2.05) is 4.90 Å². The van der Waals surface area contributed by atoms with Crippen LogP contribution in [0.3, 0.4) is 0 Å². The molecule has 6 heteroatoms. The number of nitrogens with two attached hydrogens (primary N) is 1. The Morgan fingerprint density at radius 3 is 2.94 bits per heavy atom. The predicted octanol–water partition coefficient (Wildman–Crippen LogP) is 1.60. The van der Waals surface area contributed by atoms with Crippen LogP contribution in [0.25, 0.3) is 0 Å². The van der Waals surface area contributed by atoms with Crippen LogP contribution in [0.4, 0.5) is 20.6 Å². The summed E-state index contributed by atoms with van der Waals surface area (Å²) in [5.41, 5.74) is 6.28. The fourth-order valence-electron chi connectivity index (χ4n) is 2.16. The third-order valence-electron chi connectivity index (χ3n) is 3.36. The summed E-state index contributed by atoms with van der Waals surface area (Å²) in [6.45, 7) is 1.29. The number of anilines is 2. The van der Waals surface area contributed by atoms with Crippen molar-refractivity contribution in [1.29, 1.82) is 0 Å². The first-order valence-corrected chi connectivity index (χ1v) is 5.75. The van der Waals surface area contributed by atoms with Gasteiger partial charge in [0.1, 0.15) is 5.82 Å². The number of rotatable bonds is 2. The van der Waals surface area contributed by atoms with Crippen LogP contribution in [0.5, 0.6) is 0 Å². The maximum absolute atomic E-state index is 13.4. The second-order valence-corrected chi connectivity index (χ2v) is 4.49. The molecule has 2 rings (SSSR count). The van der Waals surface area contributed by atoms with E-state index in [4.69, 9.17) is 10.8 Å². The number of carboxylic acid groups (broad SMARTS) is 1. The number of hydrogen-bond acceptors (Lipinski definition) is 3. The number of amides is 1. The molecule has 1 aliphatic heterocycles. The number of nitrogens with zero attached hydrogens (tertiary/aromatic N) is 2. The van der Waals surface area contributed by atoms with Crippen molar-refractivity contribution in [2.45, 2.75) is 12.5 Å². The van der Waals surface area contributed by atoms with E-state index in [0.29, 0.717) is 13.1 Å². The molecule has 0 aromatic heterocycles. The zero-order chi connectivity index (χ0) is 13.3. The molecule has 1 aromatic carbocycles. The Bertz CT molecular complexity index is 467. The van der Waals surface area contributed by atoms with Gasteiger partial charge < -0.3 is 20.6 Å². The van der Waals surface area contributed by atoms with E-state index >= 15 is 0 Å². The monoisotopic (exact) mass is 253 g/mol. The summed E-state index contributed by atoms with van der Waals surface area (Å²) in [6.07, 6.45) is -0.195. The first-order chi connectivity index (χ1) is 8.49. The summed E-state index contributed by atoms with van der Waals surface area (Å²) in [5.74, 6) is -0.442. The third-order valence-corrected chi connectivity index (χ3v) is 3.36. The summed E-state index contributed by atoms with van der Waals surface area (Å²) >= 11 is 0. The van der Waals surface area contributed by atoms with Crippen LogP contribution < -0.4 is 10.6 Å². The molecule has 1 atom stereocenters. The van der Waals surface area contributed by atoms with Crippen molar-refractivity contribution in [3.05, 3.63) is 24.0 Å². The highest BCUT2D eigenvalue weighted by Gasteiger charge is 2.28. The molecule has 1 aromatic rings. The summed E-state index contributed by atoms with van der Waals surface area (Å²) in [6, 6.07) is 4.61. The minimum Gasteiger partial charge on any atom is -0.465 e. The van der Waals surface area contributed by atoms with E-state index in [-0.39, 0.29) is 11.7 Å². The van der Waals surface area contributed by atoms with Gasteiger partial charge in [-0.05, 0) is 24.6 Å². The van der Waals surface area contributed by atoms with Gasteiger partial charge in [0.2, 0.25) is 0 Å². The Labute approximate surface area is 105 Å². The quantitative estimate of drug-likeness (QED) is 0.785. The molecule has 1 amide bonds. The van der Waals surface area contributed by atoms with Gasteiger partial charge in [0.15, 0.2) is 0 Å². The molecule has 1 fully saturated rings. The van der Waals surface area contributed by atoms with Crippen molar-refractivity contribution in [2.75, 3.05) is 30.8 Å². The first-order valence-electron chi connectivity index (χ1n) is 5.75. The Morgan fingerprint density at radius 2 is 2.33 bits per heavy atom. The molecule has 1 aliphatic rings. The molecule has 18 heavy (non-hydrogen) atoms. The largest absolute Gasteiger partial charge is 0.465 e. The first kappa shape index (κ1) is 12.5. The van der Waals surface area contributed by atoms with Gasteiger partial charge in [-0.2, -0.15) is 0 Å². The van der Waals surface area contributed by atoms with Gasteiger partial charge in [0, 0.05) is 25.8 Å². The summed E-state index contributed by atoms with van der Waals surface area (Å²) < 4.78 is 13.4. The van der Waals surface area contributed by atoms with E-state index in [0.717, 1.165) is 12.1 Å². The van der Waals surface area contributed by atoms with Crippen molar-refractivity contribution in [2.24, 2.45) is 0 Å². The predicted molar refractivity (Wildman–Crippen MR) is 67.2 cm³/mol. The van der Waals surface area contributed by atoms with Crippen LogP contribution >= 0.6 is 0 Å². The van der Waals surface area contributed by atoms with E-state index in [1.165, 1.54) is 17.0 Å². The molecule has 3 N–H and O–H groups in total. The summed E-state index contributed by atoms with van der Waals surface area (Å²) in [4.78, 5) is 14.1. The maximum Gasteiger partial charge on any atom is 0.407 e. The Hall–Kier alpha value is -1.98. The lowest BCUT2D eigenvalue weighted by Gasteiger charge is -2.23. The van der Waals surface area contributed by atoms with Gasteiger partial charge in [-0.1, -0.05) is 0 Å². The van der Waals surface area contributed by atoms with Crippen LogP contribution in [0.15, 0.2) is 18.2 Å². The Balaban J connectivity index is 2.08. The lowest BCUT2D eigenvalue weighted by atomic mass is 10.2. The minimum absolute atomic E-state index is 0.0527. The van der Waals surface area contributed by atoms with E-state index < -0.39 is 11.9 Å². The van der Waals surface area contributed by atoms with Crippen molar-refractivity contribution in [3.8, 4) is 0 Å². The maximum atomic E-state index is 13.4. The summed E-state index contributed by atoms with van der Waals surface area (Å²) in [7, 11) is 1.56. The zero-order valence-corrected chi connectivity index (χ0v) is 10.1. The van der Waals surface area contributed by atoms with Gasteiger partial charge in [-0.25, -0.2) is 9.18 Å². The average Bonchev–Trinajstić information content (AvgIpc) is 2.81. The molecule has 98 valence electrons. The number of halogens is 1. The molecule has 1 unspecified atom stereocenters. The average molecular weight is 253 g/mol. The van der Waals surface area contributed by atoms with Crippen molar-refractivity contribution in [3.63, 3.8) is 0 Å². The number of hydrogen-bond donors (Lipinski definition) is 2. The van der Waals surface area contributed by atoms with E-state index in [1.54, 1.807) is 13.1 Å². The fourth-order valence-corrected chi connectivity index (χ4v) is 2.16. The number of carbonyl (C=O) groups is 1. The van der Waals surface area contributed by atoms with Crippen LogP contribution in [-0.4, -0.2) is 42.3 Å². The SMILES string of the molecule is CN(C(=O)O)C1CCN(c2ccc(N)c(F)c2)C1. The smallest absolute Gasteiger partial charge is 0.407 e. The van der Waals surface area contributed by atoms with E-state index in [2.05, 4.69) is 0 Å². The molecule has 0 spiro atoms. The van der Waals surface area contributed by atoms with Gasteiger partial charge in [-0.15, -0.1) is 0 Å². The van der Waals surface area contributed by atoms with Gasteiger partial charge in [-0.3, -0.25) is 0 Å². The minimum atomic E-state index is -0.940. The molecule has 0 bridgehead atoms. The number of benzene rings is 1. The second kappa shape index (κ2) is 4.72. The highest BCUT2D eigenvalue weighted by Crippen LogP contribution is 2.25. The zero-order valence-electron chi connectivity index (χ0n) is 10.1. The molecular formula is C12H16FN3O2. The molecule has 0 aliphatic carbocycles. The number of likely N-dealkylation sites (N-methyl/N-ethyl adjacent to an activating group) is 1. The van der Waals surface area contributed by atoms with Crippen molar-refractivity contribution < 1.29 is 14.3 Å². The molecular weight excluding hydrogens is 237 g/mol. The van der Waals surface area contributed by atoms with Crippen molar-refractivity contribution in [1.82, 2.24) is 4.90 Å². The normalized spacial score (nSPS) is 19.0. The molecule has 5 nitrogen and oxygen atoms in total. The van der Waals surface area contributed by atoms with Crippen molar-refractivity contribution >= 4 is 17.5 Å². The van der Waals surface area contributed by atoms with Crippen LogP contribution in [0, 0.1) is 5.82 Å². The van der Waals surface area contributed by atoms with Gasteiger partial charge in [0.05, 0.1) is 11.7 Å². The highest BCUT2D eigenvalue weighted by molar-refractivity contribution is 5.65. The van der Waals surface area contributed by atoms with Gasteiger partial charge in [0.25, 0.3) is 0 Å². The molecule has 1 saturated heterocycles. The summed E-state index contributed by atoms with van der Waals surface area (Å²) in [5, 5.41) is 8.91. The third kappa shape index (κ3) is 2.32. The van der Waals surface area contributed by atoms with Gasteiger partial charge >= 0.3 is 6.09 Å². The lowest BCUT2D eigenvalue weighted by molar-refractivity contribution is 0.142. The number of nitrogen functional groups attached to an aromatic ring is 1. The van der Waals surface area contributed by atoms with Crippen LogP contribution in [0.2, 0.25) is 0 Å².